The van der Waals surface area contributed by atoms with Crippen LogP contribution in [0.25, 0.3) is 0 Å². The van der Waals surface area contributed by atoms with Gasteiger partial charge in [0.25, 0.3) is 6.43 Å². The predicted octanol–water partition coefficient (Wildman–Crippen LogP) is 1.23. The highest BCUT2D eigenvalue weighted by atomic mass is 19.3. The van der Waals surface area contributed by atoms with Gasteiger partial charge in [0.05, 0.1) is 0 Å². The summed E-state index contributed by atoms with van der Waals surface area (Å²) in [5.41, 5.74) is -0.534. The maximum Gasteiger partial charge on any atom is 0.282 e. The van der Waals surface area contributed by atoms with E-state index in [1.54, 1.807) is 13.8 Å². The Morgan fingerprint density at radius 3 is 2.38 bits per heavy atom. The van der Waals surface area contributed by atoms with Crippen LogP contribution in [0.2, 0.25) is 0 Å². The zero-order chi connectivity index (χ0) is 10.1. The Morgan fingerprint density at radius 1 is 1.31 bits per heavy atom. The highest BCUT2D eigenvalue weighted by Gasteiger charge is 2.38. The van der Waals surface area contributed by atoms with E-state index in [1.165, 1.54) is 4.90 Å². The van der Waals surface area contributed by atoms with Crippen molar-refractivity contribution in [1.82, 2.24) is 10.2 Å². The summed E-state index contributed by atoms with van der Waals surface area (Å²) in [7, 11) is 0. The molecule has 1 saturated heterocycles. The largest absolute Gasteiger partial charge is 0.314 e. The Kier molecular flexibility index (Phi) is 3.18. The minimum Gasteiger partial charge on any atom is -0.314 e. The molecule has 0 bridgehead atoms. The molecular weight excluding hydrogens is 181 g/mol. The number of halogens is 3. The highest BCUT2D eigenvalue weighted by Crippen LogP contribution is 2.23. The van der Waals surface area contributed by atoms with Gasteiger partial charge in [0, 0.05) is 25.2 Å². The van der Waals surface area contributed by atoms with Crippen molar-refractivity contribution in [3.63, 3.8) is 0 Å². The van der Waals surface area contributed by atoms with Gasteiger partial charge in [0.15, 0.2) is 0 Å². The molecule has 0 aromatic rings. The van der Waals surface area contributed by atoms with Crippen molar-refractivity contribution in [2.45, 2.75) is 32.1 Å². The average molecular weight is 196 g/mol. The van der Waals surface area contributed by atoms with Gasteiger partial charge in [0.1, 0.15) is 0 Å². The maximum atomic E-state index is 13.1. The molecule has 0 radical (unpaired) electrons. The quantitative estimate of drug-likeness (QED) is 0.668. The summed E-state index contributed by atoms with van der Waals surface area (Å²) in [5, 5.41) is 3.05. The molecular formula is C8H15F3N2. The first-order chi connectivity index (χ1) is 5.95. The molecule has 0 saturated carbocycles. The Balaban J connectivity index is 2.65. The van der Waals surface area contributed by atoms with Gasteiger partial charge in [-0.2, -0.15) is 0 Å². The van der Waals surface area contributed by atoms with E-state index < -0.39 is 18.3 Å². The van der Waals surface area contributed by atoms with Gasteiger partial charge in [-0.25, -0.2) is 13.2 Å². The van der Waals surface area contributed by atoms with E-state index in [0.717, 1.165) is 0 Å². The van der Waals surface area contributed by atoms with Gasteiger partial charge >= 0.3 is 0 Å². The molecule has 1 unspecified atom stereocenters. The van der Waals surface area contributed by atoms with Crippen molar-refractivity contribution in [3.8, 4) is 0 Å². The van der Waals surface area contributed by atoms with E-state index in [-0.39, 0.29) is 0 Å². The third-order valence-electron chi connectivity index (χ3n) is 2.37. The molecule has 0 spiro atoms. The zero-order valence-corrected chi connectivity index (χ0v) is 7.86. The summed E-state index contributed by atoms with van der Waals surface area (Å²) in [5.74, 6) is 0. The number of hydrogen-bond acceptors (Lipinski definition) is 2. The van der Waals surface area contributed by atoms with Crippen LogP contribution in [0.4, 0.5) is 13.2 Å². The standard InChI is InChI=1S/C8H15F3N2/c1-8(2)5-12-3-4-13(8)7(11)6(9)10/h6-7,12H,3-5H2,1-2H3. The lowest BCUT2D eigenvalue weighted by Gasteiger charge is -2.44. The van der Waals surface area contributed by atoms with Crippen LogP contribution in [0.15, 0.2) is 0 Å². The first-order valence-corrected chi connectivity index (χ1v) is 4.35. The number of nitrogens with one attached hydrogen (secondary N) is 1. The second kappa shape index (κ2) is 3.84. The van der Waals surface area contributed by atoms with Gasteiger partial charge in [-0.05, 0) is 13.8 Å². The predicted molar refractivity (Wildman–Crippen MR) is 44.6 cm³/mol. The second-order valence-corrected chi connectivity index (χ2v) is 3.89. The fourth-order valence-corrected chi connectivity index (χ4v) is 1.59. The normalized spacial score (nSPS) is 26.3. The van der Waals surface area contributed by atoms with Crippen LogP contribution in [0.5, 0.6) is 0 Å². The third-order valence-corrected chi connectivity index (χ3v) is 2.37. The van der Waals surface area contributed by atoms with Crippen molar-refractivity contribution in [2.75, 3.05) is 19.6 Å². The van der Waals surface area contributed by atoms with Crippen LogP contribution in [-0.2, 0) is 0 Å². The van der Waals surface area contributed by atoms with Crippen molar-refractivity contribution in [1.29, 1.82) is 0 Å². The molecule has 1 heterocycles. The SMILES string of the molecule is CC1(C)CNCCN1C(F)C(F)F. The van der Waals surface area contributed by atoms with Crippen LogP contribution in [0.3, 0.4) is 0 Å². The van der Waals surface area contributed by atoms with Crippen LogP contribution >= 0.6 is 0 Å². The molecule has 1 aliphatic heterocycles. The van der Waals surface area contributed by atoms with Gasteiger partial charge in [0.2, 0.25) is 6.30 Å². The second-order valence-electron chi connectivity index (χ2n) is 3.89. The number of piperazine rings is 1. The van der Waals surface area contributed by atoms with Gasteiger partial charge in [-0.3, -0.25) is 4.90 Å². The first kappa shape index (κ1) is 10.8. The Hall–Kier alpha value is -0.290. The molecule has 13 heavy (non-hydrogen) atoms. The Morgan fingerprint density at radius 2 is 1.92 bits per heavy atom. The lowest BCUT2D eigenvalue weighted by Crippen LogP contribution is -2.61. The summed E-state index contributed by atoms with van der Waals surface area (Å²) in [6.07, 6.45) is -5.06. The van der Waals surface area contributed by atoms with E-state index in [4.69, 9.17) is 0 Å². The summed E-state index contributed by atoms with van der Waals surface area (Å²) in [4.78, 5) is 1.22. The average Bonchev–Trinajstić information content (AvgIpc) is 2.02. The number of rotatable bonds is 2. The van der Waals surface area contributed by atoms with Crippen LogP contribution in [0, 0.1) is 0 Å². The molecule has 78 valence electrons. The highest BCUT2D eigenvalue weighted by molar-refractivity contribution is 4.90. The number of alkyl halides is 3. The molecule has 0 aliphatic carbocycles. The zero-order valence-electron chi connectivity index (χ0n) is 7.86. The Labute approximate surface area is 76.1 Å². The minimum atomic E-state index is -2.92. The minimum absolute atomic E-state index is 0.332. The van der Waals surface area contributed by atoms with E-state index in [9.17, 15) is 13.2 Å². The molecule has 0 amide bonds. The van der Waals surface area contributed by atoms with Crippen molar-refractivity contribution >= 4 is 0 Å². The van der Waals surface area contributed by atoms with Crippen molar-refractivity contribution in [2.24, 2.45) is 0 Å². The van der Waals surface area contributed by atoms with E-state index in [0.29, 0.717) is 19.6 Å². The smallest absolute Gasteiger partial charge is 0.282 e. The molecule has 0 aromatic carbocycles. The fraction of sp³-hybridized carbons (Fsp3) is 1.00. The first-order valence-electron chi connectivity index (χ1n) is 4.35. The lowest BCUT2D eigenvalue weighted by molar-refractivity contribution is -0.0976. The van der Waals surface area contributed by atoms with Crippen molar-refractivity contribution < 1.29 is 13.2 Å². The molecule has 5 heteroatoms. The summed E-state index contributed by atoms with van der Waals surface area (Å²) in [6, 6.07) is 0. The molecule has 2 nitrogen and oxygen atoms in total. The van der Waals surface area contributed by atoms with Gasteiger partial charge in [-0.15, -0.1) is 0 Å². The maximum absolute atomic E-state index is 13.1. The fourth-order valence-electron chi connectivity index (χ4n) is 1.59. The van der Waals surface area contributed by atoms with Crippen LogP contribution in [0.1, 0.15) is 13.8 Å². The molecule has 1 N–H and O–H groups in total. The monoisotopic (exact) mass is 196 g/mol. The molecule has 1 atom stereocenters. The van der Waals surface area contributed by atoms with Gasteiger partial charge in [-0.1, -0.05) is 0 Å². The summed E-state index contributed by atoms with van der Waals surface area (Å²) >= 11 is 0. The lowest BCUT2D eigenvalue weighted by atomic mass is 10.00. The number of nitrogens with zero attached hydrogens (tertiary/aromatic N) is 1. The number of hydrogen-bond donors (Lipinski definition) is 1. The third kappa shape index (κ3) is 2.34. The molecule has 1 rings (SSSR count). The Bertz CT molecular complexity index is 173. The van der Waals surface area contributed by atoms with E-state index >= 15 is 0 Å². The van der Waals surface area contributed by atoms with Gasteiger partial charge < -0.3 is 5.32 Å². The molecule has 1 aliphatic rings. The summed E-state index contributed by atoms with van der Waals surface area (Å²) in [6.45, 7) is 4.96. The van der Waals surface area contributed by atoms with Crippen molar-refractivity contribution in [3.05, 3.63) is 0 Å². The summed E-state index contributed by atoms with van der Waals surface area (Å²) < 4.78 is 37.3. The molecule has 0 aromatic heterocycles. The van der Waals surface area contributed by atoms with E-state index in [2.05, 4.69) is 5.32 Å². The van der Waals surface area contributed by atoms with Crippen LogP contribution < -0.4 is 5.32 Å². The van der Waals surface area contributed by atoms with E-state index in [1.807, 2.05) is 0 Å². The van der Waals surface area contributed by atoms with Crippen LogP contribution in [-0.4, -0.2) is 42.8 Å². The molecule has 1 fully saturated rings. The topological polar surface area (TPSA) is 15.3 Å².